The number of hydrogen-bond donors (Lipinski definition) is 2. The van der Waals surface area contributed by atoms with Crippen molar-refractivity contribution in [2.75, 3.05) is 0 Å². The number of carbonyl (C=O) groups excluding carboxylic acids is 1. The summed E-state index contributed by atoms with van der Waals surface area (Å²) < 4.78 is 0. The third kappa shape index (κ3) is 2.53. The van der Waals surface area contributed by atoms with E-state index in [0.717, 1.165) is 12.1 Å². The smallest absolute Gasteiger partial charge is 0.311 e. The lowest BCUT2D eigenvalue weighted by Gasteiger charge is -1.98. The zero-order valence-corrected chi connectivity index (χ0v) is 7.58. The molecule has 0 aliphatic carbocycles. The van der Waals surface area contributed by atoms with Gasteiger partial charge in [-0.15, -0.1) is 0 Å². The lowest BCUT2D eigenvalue weighted by Crippen LogP contribution is -2.05. The van der Waals surface area contributed by atoms with Crippen molar-refractivity contribution in [3.8, 4) is 5.75 Å². The van der Waals surface area contributed by atoms with Crippen molar-refractivity contribution in [1.29, 1.82) is 0 Å². The van der Waals surface area contributed by atoms with Crippen LogP contribution in [0, 0.1) is 10.1 Å². The van der Waals surface area contributed by atoms with Crippen molar-refractivity contribution in [1.82, 2.24) is 0 Å². The fraction of sp³-hybridized carbons (Fsp3) is 0. The minimum Gasteiger partial charge on any atom is -0.502 e. The summed E-state index contributed by atoms with van der Waals surface area (Å²) in [6, 6.07) is 4.00. The summed E-state index contributed by atoms with van der Waals surface area (Å²) in [7, 11) is 0. The first-order valence-electron chi connectivity index (χ1n) is 3.96. The Labute approximate surface area is 84.8 Å². The Balaban J connectivity index is 3.15. The van der Waals surface area contributed by atoms with Crippen LogP contribution in [-0.4, -0.2) is 15.9 Å². The number of benzene rings is 1. The number of primary amides is 1. The van der Waals surface area contributed by atoms with Crippen LogP contribution < -0.4 is 5.73 Å². The van der Waals surface area contributed by atoms with Crippen LogP contribution in [0.4, 0.5) is 5.69 Å². The lowest BCUT2D eigenvalue weighted by molar-refractivity contribution is -0.385. The van der Waals surface area contributed by atoms with Gasteiger partial charge in [0.25, 0.3) is 0 Å². The van der Waals surface area contributed by atoms with Crippen molar-refractivity contribution in [2.24, 2.45) is 5.73 Å². The second-order valence-electron chi connectivity index (χ2n) is 2.71. The minimum atomic E-state index is -0.711. The molecule has 0 unspecified atom stereocenters. The van der Waals surface area contributed by atoms with Gasteiger partial charge < -0.3 is 10.8 Å². The van der Waals surface area contributed by atoms with Gasteiger partial charge in [0.05, 0.1) is 4.92 Å². The zero-order chi connectivity index (χ0) is 11.4. The Bertz CT molecular complexity index is 440. The number of phenolic OH excluding ortho intramolecular Hbond substituents is 1. The molecule has 0 radical (unpaired) electrons. The molecule has 1 aromatic carbocycles. The minimum absolute atomic E-state index is 0.169. The number of aromatic hydroxyl groups is 1. The molecule has 0 aromatic heterocycles. The second kappa shape index (κ2) is 4.23. The van der Waals surface area contributed by atoms with Crippen LogP contribution in [0.2, 0.25) is 0 Å². The molecular weight excluding hydrogens is 200 g/mol. The van der Waals surface area contributed by atoms with Crippen LogP contribution in [0.15, 0.2) is 24.3 Å². The second-order valence-corrected chi connectivity index (χ2v) is 2.71. The molecular formula is C9H8N2O4. The van der Waals surface area contributed by atoms with E-state index in [-0.39, 0.29) is 5.56 Å². The summed E-state index contributed by atoms with van der Waals surface area (Å²) in [6.45, 7) is 0. The van der Waals surface area contributed by atoms with Gasteiger partial charge in [0.15, 0.2) is 0 Å². The highest BCUT2D eigenvalue weighted by molar-refractivity contribution is 5.90. The molecule has 0 atom stereocenters. The summed E-state index contributed by atoms with van der Waals surface area (Å²) in [5, 5.41) is 19.9. The molecule has 1 amide bonds. The molecule has 0 bridgehead atoms. The van der Waals surface area contributed by atoms with E-state index in [4.69, 9.17) is 5.73 Å². The maximum atomic E-state index is 10.4. The highest BCUT2D eigenvalue weighted by atomic mass is 16.6. The van der Waals surface area contributed by atoms with Crippen molar-refractivity contribution in [2.45, 2.75) is 0 Å². The Kier molecular flexibility index (Phi) is 3.02. The monoisotopic (exact) mass is 208 g/mol. The third-order valence-corrected chi connectivity index (χ3v) is 1.67. The predicted octanol–water partition coefficient (Wildman–Crippen LogP) is 0.799. The molecule has 6 heteroatoms. The SMILES string of the molecule is NC(=O)C=Cc1cccc([N+](=O)[O-])c1O. The van der Waals surface area contributed by atoms with Gasteiger partial charge in [-0.25, -0.2) is 0 Å². The number of rotatable bonds is 3. The van der Waals surface area contributed by atoms with Gasteiger partial charge in [-0.1, -0.05) is 12.1 Å². The van der Waals surface area contributed by atoms with Crippen molar-refractivity contribution in [3.63, 3.8) is 0 Å². The normalized spacial score (nSPS) is 10.4. The van der Waals surface area contributed by atoms with E-state index >= 15 is 0 Å². The zero-order valence-electron chi connectivity index (χ0n) is 7.58. The van der Waals surface area contributed by atoms with Gasteiger partial charge >= 0.3 is 5.69 Å². The van der Waals surface area contributed by atoms with E-state index in [1.807, 2.05) is 0 Å². The van der Waals surface area contributed by atoms with E-state index < -0.39 is 22.3 Å². The molecule has 3 N–H and O–H groups in total. The van der Waals surface area contributed by atoms with Gasteiger partial charge in [-0.05, 0) is 6.08 Å². The van der Waals surface area contributed by atoms with Gasteiger partial charge in [0, 0.05) is 17.7 Å². The molecule has 0 heterocycles. The molecule has 15 heavy (non-hydrogen) atoms. The van der Waals surface area contributed by atoms with E-state index in [1.54, 1.807) is 0 Å². The van der Waals surface area contributed by atoms with Gasteiger partial charge in [-0.2, -0.15) is 0 Å². The molecule has 0 aliphatic rings. The average Bonchev–Trinajstić information content (AvgIpc) is 2.15. The van der Waals surface area contributed by atoms with Crippen LogP contribution in [0.25, 0.3) is 6.08 Å². The largest absolute Gasteiger partial charge is 0.502 e. The lowest BCUT2D eigenvalue weighted by atomic mass is 10.1. The van der Waals surface area contributed by atoms with Crippen LogP contribution in [0.5, 0.6) is 5.75 Å². The number of para-hydroxylation sites is 1. The Morgan fingerprint density at radius 3 is 2.73 bits per heavy atom. The molecule has 78 valence electrons. The number of nitrogens with zero attached hydrogens (tertiary/aromatic N) is 1. The van der Waals surface area contributed by atoms with E-state index in [2.05, 4.69) is 0 Å². The summed E-state index contributed by atoms with van der Waals surface area (Å²) in [5.41, 5.74) is 4.60. The summed E-state index contributed by atoms with van der Waals surface area (Å²) >= 11 is 0. The maximum Gasteiger partial charge on any atom is 0.311 e. The number of hydrogen-bond acceptors (Lipinski definition) is 4. The number of nitrogens with two attached hydrogens (primary N) is 1. The molecule has 1 aromatic rings. The number of nitro groups is 1. The number of carbonyl (C=O) groups is 1. The van der Waals surface area contributed by atoms with E-state index in [9.17, 15) is 20.0 Å². The average molecular weight is 208 g/mol. The summed E-state index contributed by atoms with van der Waals surface area (Å²) in [6.07, 6.45) is 2.23. The maximum absolute atomic E-state index is 10.4. The highest BCUT2D eigenvalue weighted by Gasteiger charge is 2.14. The summed E-state index contributed by atoms with van der Waals surface area (Å²) in [5.74, 6) is -1.18. The molecule has 0 aliphatic heterocycles. The first kappa shape index (κ1) is 10.7. The van der Waals surface area contributed by atoms with Crippen LogP contribution in [0.1, 0.15) is 5.56 Å². The van der Waals surface area contributed by atoms with Crippen molar-refractivity contribution < 1.29 is 14.8 Å². The van der Waals surface area contributed by atoms with Crippen LogP contribution >= 0.6 is 0 Å². The van der Waals surface area contributed by atoms with Crippen LogP contribution in [-0.2, 0) is 4.79 Å². The van der Waals surface area contributed by atoms with Gasteiger partial charge in [0.1, 0.15) is 0 Å². The first-order valence-corrected chi connectivity index (χ1v) is 3.96. The van der Waals surface area contributed by atoms with Gasteiger partial charge in [0.2, 0.25) is 11.7 Å². The van der Waals surface area contributed by atoms with Crippen molar-refractivity contribution >= 4 is 17.7 Å². The Hall–Kier alpha value is -2.37. The fourth-order valence-corrected chi connectivity index (χ4v) is 1.00. The topological polar surface area (TPSA) is 106 Å². The molecule has 0 saturated heterocycles. The Morgan fingerprint density at radius 2 is 2.20 bits per heavy atom. The standard InChI is InChI=1S/C9H8N2O4/c10-8(12)5-4-6-2-1-3-7(9(6)13)11(14)15/h1-5,13H,(H2,10,12). The summed E-state index contributed by atoms with van der Waals surface area (Å²) in [4.78, 5) is 20.2. The first-order chi connectivity index (χ1) is 7.02. The molecule has 0 saturated carbocycles. The number of nitro benzene ring substituents is 1. The van der Waals surface area contributed by atoms with E-state index in [0.29, 0.717) is 0 Å². The third-order valence-electron chi connectivity index (χ3n) is 1.67. The van der Waals surface area contributed by atoms with Gasteiger partial charge in [-0.3, -0.25) is 14.9 Å². The quantitative estimate of drug-likeness (QED) is 0.435. The molecule has 0 fully saturated rings. The van der Waals surface area contributed by atoms with Crippen molar-refractivity contribution in [3.05, 3.63) is 40.0 Å². The van der Waals surface area contributed by atoms with Crippen LogP contribution in [0.3, 0.4) is 0 Å². The highest BCUT2D eigenvalue weighted by Crippen LogP contribution is 2.29. The van der Waals surface area contributed by atoms with E-state index in [1.165, 1.54) is 18.2 Å². The Morgan fingerprint density at radius 1 is 1.53 bits per heavy atom. The molecule has 6 nitrogen and oxygen atoms in total. The predicted molar refractivity (Wildman–Crippen MR) is 53.0 cm³/mol. The number of amides is 1. The fourth-order valence-electron chi connectivity index (χ4n) is 1.00. The molecule has 1 rings (SSSR count). The molecule has 0 spiro atoms. The number of phenols is 1.